The number of H-pyrrole nitrogens is 2. The quantitative estimate of drug-likeness (QED) is 0.159. The minimum atomic E-state index is -0.782. The molecule has 12 nitrogen and oxygen atoms in total. The van der Waals surface area contributed by atoms with Crippen LogP contribution in [0.1, 0.15) is 36.8 Å². The number of phenols is 1. The van der Waals surface area contributed by atoms with Gasteiger partial charge in [0.05, 0.1) is 6.04 Å². The summed E-state index contributed by atoms with van der Waals surface area (Å²) in [6.45, 7) is 0.350. The average Bonchev–Trinajstić information content (AvgIpc) is 3.70. The summed E-state index contributed by atoms with van der Waals surface area (Å²) in [4.78, 5) is 33.2. The van der Waals surface area contributed by atoms with E-state index in [9.17, 15) is 14.7 Å². The highest BCUT2D eigenvalue weighted by molar-refractivity contribution is 5.89. The van der Waals surface area contributed by atoms with Crippen molar-refractivity contribution in [3.63, 3.8) is 0 Å². The molecular formula is C30H37N9O3. The van der Waals surface area contributed by atoms with Gasteiger partial charge in [0.15, 0.2) is 0 Å². The van der Waals surface area contributed by atoms with Gasteiger partial charge >= 0.3 is 0 Å². The predicted molar refractivity (Wildman–Crippen MR) is 158 cm³/mol. The van der Waals surface area contributed by atoms with Crippen molar-refractivity contribution >= 4 is 28.7 Å². The monoisotopic (exact) mass is 571 g/mol. The van der Waals surface area contributed by atoms with Crippen LogP contribution in [-0.2, 0) is 22.4 Å². The van der Waals surface area contributed by atoms with Crippen LogP contribution in [0.25, 0.3) is 10.9 Å². The molecule has 2 aromatic heterocycles. The maximum absolute atomic E-state index is 13.9. The number of anilines is 1. The Labute approximate surface area is 243 Å². The molecule has 0 radical (unpaired) electrons. The number of hydrogen-bond donors (Lipinski definition) is 6. The van der Waals surface area contributed by atoms with E-state index in [4.69, 9.17) is 0 Å². The number of para-hydroxylation sites is 1. The number of benzene rings is 2. The molecule has 220 valence electrons. The first-order valence-electron chi connectivity index (χ1n) is 14.6. The number of aromatic nitrogens is 5. The zero-order valence-corrected chi connectivity index (χ0v) is 23.6. The fraction of sp³-hybridized carbons (Fsp3) is 0.433. The van der Waals surface area contributed by atoms with Crippen molar-refractivity contribution in [3.05, 3.63) is 65.9 Å². The van der Waals surface area contributed by atoms with Crippen LogP contribution in [0.2, 0.25) is 0 Å². The molecule has 2 aliphatic rings. The standard InChI is InChI=1S/C30H37N9O3/c1-39-22-8-9-23(39)15-19(14-22)28(41)34-27(12-18-6-10-24(40)11-7-18)29(42)33-21(17-32-30-35-37-38-36-30)13-20-16-31-26-5-3-2-4-25(20)26/h2-7,10-11,16,19,21-23,27,31,40H,8-9,12-15,17H2,1H3,(H,33,42)(H,34,41)(H2,32,35,36,37,38)/t19?,21?,22?,23?,27-/m0/s1. The summed E-state index contributed by atoms with van der Waals surface area (Å²) in [6, 6.07) is 14.5. The summed E-state index contributed by atoms with van der Waals surface area (Å²) in [6.07, 6.45) is 6.65. The summed E-state index contributed by atoms with van der Waals surface area (Å²) in [5.41, 5.74) is 2.93. The topological polar surface area (TPSA) is 164 Å². The fourth-order valence-corrected chi connectivity index (χ4v) is 6.49. The number of carbonyl (C=O) groups excluding carboxylic acids is 2. The van der Waals surface area contributed by atoms with Crippen molar-refractivity contribution in [2.24, 2.45) is 5.92 Å². The Morgan fingerprint density at radius 1 is 1.05 bits per heavy atom. The summed E-state index contributed by atoms with van der Waals surface area (Å²) < 4.78 is 0. The van der Waals surface area contributed by atoms with Gasteiger partial charge in [0.2, 0.25) is 11.8 Å². The first-order valence-corrected chi connectivity index (χ1v) is 14.6. The van der Waals surface area contributed by atoms with Crippen LogP contribution in [0, 0.1) is 5.92 Å². The second-order valence-electron chi connectivity index (χ2n) is 11.5. The van der Waals surface area contributed by atoms with Crippen LogP contribution in [0.4, 0.5) is 5.95 Å². The zero-order chi connectivity index (χ0) is 29.1. The van der Waals surface area contributed by atoms with E-state index in [1.54, 1.807) is 24.3 Å². The Balaban J connectivity index is 1.20. The third-order valence-electron chi connectivity index (χ3n) is 8.82. The van der Waals surface area contributed by atoms with Gasteiger partial charge in [0, 0.05) is 48.1 Å². The summed E-state index contributed by atoms with van der Waals surface area (Å²) in [5.74, 6) is 0.0239. The predicted octanol–water partition coefficient (Wildman–Crippen LogP) is 2.13. The smallest absolute Gasteiger partial charge is 0.263 e. The van der Waals surface area contributed by atoms with Gasteiger partial charge in [-0.3, -0.25) is 9.59 Å². The number of nitrogens with zero attached hydrogens (tertiary/aromatic N) is 4. The first kappa shape index (κ1) is 27.7. The number of amides is 2. The van der Waals surface area contributed by atoms with E-state index in [2.05, 4.69) is 59.6 Å². The van der Waals surface area contributed by atoms with Crippen molar-refractivity contribution in [2.75, 3.05) is 18.9 Å². The average molecular weight is 572 g/mol. The van der Waals surface area contributed by atoms with Gasteiger partial charge in [-0.05, 0) is 73.7 Å². The normalized spacial score (nSPS) is 21.6. The van der Waals surface area contributed by atoms with Crippen molar-refractivity contribution in [1.29, 1.82) is 0 Å². The number of phenolic OH excluding ortho intramolecular Hbond substituents is 1. The number of fused-ring (bicyclic) bond motifs is 3. The van der Waals surface area contributed by atoms with Gasteiger partial charge < -0.3 is 30.9 Å². The fourth-order valence-electron chi connectivity index (χ4n) is 6.49. The molecular weight excluding hydrogens is 534 g/mol. The summed E-state index contributed by atoms with van der Waals surface area (Å²) in [7, 11) is 2.15. The van der Waals surface area contributed by atoms with E-state index >= 15 is 0 Å². The number of rotatable bonds is 11. The van der Waals surface area contributed by atoms with E-state index in [0.29, 0.717) is 37.4 Å². The SMILES string of the molecule is CN1C2CCC1CC(C(=O)N[C@@H](Cc1ccc(O)cc1)C(=O)NC(CNc1nn[nH]n1)Cc1c[nH]c3ccccc13)C2. The van der Waals surface area contributed by atoms with Crippen molar-refractivity contribution in [1.82, 2.24) is 41.1 Å². The molecule has 2 saturated heterocycles. The second kappa shape index (κ2) is 12.2. The molecule has 4 heterocycles. The molecule has 6 N–H and O–H groups in total. The third kappa shape index (κ3) is 6.23. The molecule has 2 aliphatic heterocycles. The van der Waals surface area contributed by atoms with Crippen LogP contribution < -0.4 is 16.0 Å². The lowest BCUT2D eigenvalue weighted by Gasteiger charge is -2.36. The molecule has 4 aromatic rings. The second-order valence-corrected chi connectivity index (χ2v) is 11.5. The molecule has 6 rings (SSSR count). The molecule has 4 atom stereocenters. The van der Waals surface area contributed by atoms with Gasteiger partial charge in [0.25, 0.3) is 5.95 Å². The first-order chi connectivity index (χ1) is 20.4. The van der Waals surface area contributed by atoms with Crippen LogP contribution in [0.5, 0.6) is 5.75 Å². The Morgan fingerprint density at radius 3 is 2.55 bits per heavy atom. The molecule has 2 aromatic carbocycles. The van der Waals surface area contributed by atoms with Gasteiger partial charge in [-0.2, -0.15) is 5.21 Å². The molecule has 12 heteroatoms. The third-order valence-corrected chi connectivity index (χ3v) is 8.82. The molecule has 2 bridgehead atoms. The van der Waals surface area contributed by atoms with E-state index in [1.807, 2.05) is 24.4 Å². The Bertz CT molecular complexity index is 1490. The van der Waals surface area contributed by atoms with Gasteiger partial charge in [-0.25, -0.2) is 0 Å². The van der Waals surface area contributed by atoms with Crippen LogP contribution in [0.15, 0.2) is 54.7 Å². The van der Waals surface area contributed by atoms with Crippen LogP contribution in [-0.4, -0.2) is 85.2 Å². The number of hydrogen-bond acceptors (Lipinski definition) is 8. The minimum Gasteiger partial charge on any atom is -0.508 e. The molecule has 2 fully saturated rings. The number of nitrogens with one attached hydrogen (secondary N) is 5. The van der Waals surface area contributed by atoms with Crippen molar-refractivity contribution in [2.45, 2.75) is 62.7 Å². The Hall–Kier alpha value is -4.45. The van der Waals surface area contributed by atoms with Gasteiger partial charge in [-0.15, -0.1) is 5.10 Å². The lowest BCUT2D eigenvalue weighted by atomic mass is 9.90. The zero-order valence-electron chi connectivity index (χ0n) is 23.6. The van der Waals surface area contributed by atoms with Gasteiger partial charge in [0.1, 0.15) is 11.8 Å². The lowest BCUT2D eigenvalue weighted by Crippen LogP contribution is -2.54. The number of aromatic hydroxyl groups is 1. The van der Waals surface area contributed by atoms with E-state index in [1.165, 1.54) is 0 Å². The summed E-state index contributed by atoms with van der Waals surface area (Å²) >= 11 is 0. The molecule has 0 spiro atoms. The maximum Gasteiger partial charge on any atom is 0.263 e. The highest BCUT2D eigenvalue weighted by Crippen LogP contribution is 2.37. The molecule has 3 unspecified atom stereocenters. The van der Waals surface area contributed by atoms with E-state index < -0.39 is 6.04 Å². The van der Waals surface area contributed by atoms with Gasteiger partial charge in [-0.1, -0.05) is 35.4 Å². The van der Waals surface area contributed by atoms with E-state index in [-0.39, 0.29) is 29.5 Å². The Morgan fingerprint density at radius 2 is 1.81 bits per heavy atom. The lowest BCUT2D eigenvalue weighted by molar-refractivity contribution is -0.132. The molecule has 42 heavy (non-hydrogen) atoms. The highest BCUT2D eigenvalue weighted by Gasteiger charge is 2.41. The highest BCUT2D eigenvalue weighted by atomic mass is 16.3. The van der Waals surface area contributed by atoms with Crippen molar-refractivity contribution in [3.8, 4) is 5.75 Å². The Kier molecular flexibility index (Phi) is 8.04. The minimum absolute atomic E-state index is 0.0722. The van der Waals surface area contributed by atoms with Crippen LogP contribution in [0.3, 0.4) is 0 Å². The molecule has 0 saturated carbocycles. The maximum atomic E-state index is 13.9. The van der Waals surface area contributed by atoms with E-state index in [0.717, 1.165) is 47.7 Å². The molecule has 0 aliphatic carbocycles. The number of tetrazole rings is 1. The number of carbonyl (C=O) groups is 2. The number of aromatic amines is 2. The van der Waals surface area contributed by atoms with Crippen LogP contribution >= 0.6 is 0 Å². The molecule has 2 amide bonds. The number of piperidine rings is 1. The summed E-state index contributed by atoms with van der Waals surface area (Å²) in [5, 5.41) is 34.2. The largest absolute Gasteiger partial charge is 0.508 e. The van der Waals surface area contributed by atoms with Crippen molar-refractivity contribution < 1.29 is 14.7 Å².